The number of pyridine rings is 1. The third-order valence-corrected chi connectivity index (χ3v) is 10.9. The van der Waals surface area contributed by atoms with Gasteiger partial charge in [-0.05, 0) is 49.6 Å². The zero-order valence-corrected chi connectivity index (χ0v) is 31.0. The summed E-state index contributed by atoms with van der Waals surface area (Å²) in [5.41, 5.74) is -4.35. The zero-order valence-electron chi connectivity index (χ0n) is 31.0. The molecule has 16 heteroatoms. The van der Waals surface area contributed by atoms with Crippen LogP contribution in [0.5, 0.6) is 23.0 Å². The molecule has 16 nitrogen and oxygen atoms in total. The molecule has 0 spiro atoms. The molecule has 0 bridgehead atoms. The third kappa shape index (κ3) is 5.19. The number of rotatable bonds is 7. The third-order valence-electron chi connectivity index (χ3n) is 10.9. The van der Waals surface area contributed by atoms with Gasteiger partial charge < -0.3 is 39.2 Å². The van der Waals surface area contributed by atoms with Crippen LogP contribution < -0.4 is 42.1 Å². The Morgan fingerprint density at radius 2 is 1.46 bits per heavy atom. The van der Waals surface area contributed by atoms with Crippen LogP contribution in [0.4, 0.5) is 0 Å². The molecule has 0 saturated carbocycles. The highest BCUT2D eigenvalue weighted by molar-refractivity contribution is 6.23. The van der Waals surface area contributed by atoms with Gasteiger partial charge in [0.1, 0.15) is 41.6 Å². The van der Waals surface area contributed by atoms with E-state index in [0.29, 0.717) is 6.42 Å². The van der Waals surface area contributed by atoms with E-state index in [9.17, 15) is 48.6 Å². The van der Waals surface area contributed by atoms with E-state index < -0.39 is 103 Å². The van der Waals surface area contributed by atoms with Crippen LogP contribution in [0.1, 0.15) is 38.8 Å². The van der Waals surface area contributed by atoms with Gasteiger partial charge in [-0.15, -0.1) is 0 Å². The molecule has 7 rings (SSSR count). The Bertz CT molecular complexity index is 3040. The predicted molar refractivity (Wildman–Crippen MR) is 206 cm³/mol. The first kappa shape index (κ1) is 37.5. The van der Waals surface area contributed by atoms with Crippen LogP contribution in [0.15, 0.2) is 54.3 Å². The molecule has 6 aromatic rings. The minimum absolute atomic E-state index is 0.0286. The number of aromatic hydroxyl groups is 2. The smallest absolute Gasteiger partial charge is 0.330 e. The average molecular weight is 766 g/mol. The second-order valence-corrected chi connectivity index (χ2v) is 13.8. The van der Waals surface area contributed by atoms with E-state index in [0.717, 1.165) is 22.6 Å². The Balaban J connectivity index is 1.57. The van der Waals surface area contributed by atoms with Crippen molar-refractivity contribution in [3.05, 3.63) is 87.3 Å². The van der Waals surface area contributed by atoms with Crippen molar-refractivity contribution in [2.24, 2.45) is 0 Å². The maximum absolute atomic E-state index is 14.7. The van der Waals surface area contributed by atoms with Gasteiger partial charge in [-0.2, -0.15) is 0 Å². The molecule has 0 radical (unpaired) electrons. The van der Waals surface area contributed by atoms with Crippen molar-refractivity contribution in [1.29, 1.82) is 0 Å². The number of fused-ring (bicyclic) bond motifs is 6. The highest BCUT2D eigenvalue weighted by Gasteiger charge is 2.38. The summed E-state index contributed by atoms with van der Waals surface area (Å²) >= 11 is 0. The Morgan fingerprint density at radius 3 is 2.11 bits per heavy atom. The second-order valence-electron chi connectivity index (χ2n) is 13.8. The number of ether oxygens (including phenoxy) is 3. The second kappa shape index (κ2) is 13.5. The number of carbonyl (C=O) groups excluding carboxylic acids is 3. The van der Waals surface area contributed by atoms with Crippen LogP contribution in [0.2, 0.25) is 0 Å². The van der Waals surface area contributed by atoms with Crippen LogP contribution in [0.3, 0.4) is 0 Å². The lowest BCUT2D eigenvalue weighted by atomic mass is 9.91. The fourth-order valence-corrected chi connectivity index (χ4v) is 7.82. The number of aromatic nitrogens is 1. The van der Waals surface area contributed by atoms with Crippen molar-refractivity contribution in [3.8, 4) is 23.0 Å². The number of esters is 1. The summed E-state index contributed by atoms with van der Waals surface area (Å²) in [6.45, 7) is 4.11. The molecular weight excluding hydrogens is 730 g/mol. The van der Waals surface area contributed by atoms with E-state index in [1.54, 1.807) is 6.92 Å². The molecule has 0 aliphatic carbocycles. The minimum Gasteiger partial charge on any atom is -0.507 e. The average Bonchev–Trinajstić information content (AvgIpc) is 3.19. The van der Waals surface area contributed by atoms with E-state index in [1.165, 1.54) is 45.4 Å². The lowest BCUT2D eigenvalue weighted by Crippen LogP contribution is -2.63. The largest absolute Gasteiger partial charge is 0.507 e. The Kier molecular flexibility index (Phi) is 9.02. The van der Waals surface area contributed by atoms with Gasteiger partial charge in [0.15, 0.2) is 5.43 Å². The van der Waals surface area contributed by atoms with Crippen molar-refractivity contribution in [2.75, 3.05) is 27.9 Å². The highest BCUT2D eigenvalue weighted by Crippen LogP contribution is 2.43. The van der Waals surface area contributed by atoms with Crippen LogP contribution in [0.25, 0.3) is 53.9 Å². The normalized spacial score (nSPS) is 16.5. The van der Waals surface area contributed by atoms with Gasteiger partial charge >= 0.3 is 5.97 Å². The number of methoxy groups -OCH3 is 3. The first-order chi connectivity index (χ1) is 26.6. The van der Waals surface area contributed by atoms with Crippen LogP contribution in [0, 0.1) is 0 Å². The molecule has 288 valence electrons. The van der Waals surface area contributed by atoms with Crippen molar-refractivity contribution >= 4 is 71.6 Å². The van der Waals surface area contributed by atoms with E-state index in [4.69, 9.17) is 14.2 Å². The summed E-state index contributed by atoms with van der Waals surface area (Å²) in [7, 11) is 3.60. The van der Waals surface area contributed by atoms with Gasteiger partial charge in [0.25, 0.3) is 5.56 Å². The standard InChI is InChI=1S/C40H35N3O13/c1-7-15(2)21-12-19-27(39(52)43(21)14-24(45)42-13-20(40(53)56-6)41-38(51)16(42)3)33(47)25-17(32(19)46)8-9-18-26(25)34(48)30-31(37(18)55-5)36(50)29-23(54-4)11-10-22(44)28(29)35(30)49/h8-12,15-16,20,44,48H,7,13-14H2,1-6H3,(H,41,51). The molecule has 5 aromatic carbocycles. The molecule has 56 heavy (non-hydrogen) atoms. The summed E-state index contributed by atoms with van der Waals surface area (Å²) < 4.78 is 16.7. The molecule has 3 atom stereocenters. The number of phenolic OH excluding ortho intramolecular Hbond substituents is 2. The molecule has 1 aliphatic rings. The fourth-order valence-electron chi connectivity index (χ4n) is 7.82. The SMILES string of the molecule is CCC(C)c1cc2c(=O)c3ccc4c(OC)c5c(=O)c6c(OC)ccc(O)c6c(=O)c5c(O)c4c3c(=O)c2c(=O)n1CC(=O)N1CC(C(=O)OC)NC(=O)C1C. The van der Waals surface area contributed by atoms with Crippen molar-refractivity contribution in [3.63, 3.8) is 0 Å². The Morgan fingerprint density at radius 1 is 0.804 bits per heavy atom. The van der Waals surface area contributed by atoms with E-state index in [-0.39, 0.29) is 56.1 Å². The number of amides is 2. The molecule has 1 saturated heterocycles. The number of hydrogen-bond acceptors (Lipinski definition) is 13. The van der Waals surface area contributed by atoms with Crippen molar-refractivity contribution in [2.45, 2.75) is 51.7 Å². The number of phenols is 2. The highest BCUT2D eigenvalue weighted by atomic mass is 16.5. The zero-order chi connectivity index (χ0) is 40.7. The first-order valence-electron chi connectivity index (χ1n) is 17.6. The van der Waals surface area contributed by atoms with E-state index in [1.807, 2.05) is 6.92 Å². The van der Waals surface area contributed by atoms with Gasteiger partial charge in [0, 0.05) is 32.6 Å². The topological polar surface area (TPSA) is 225 Å². The fraction of sp³-hybridized carbons (Fsp3) is 0.300. The molecule has 1 aliphatic heterocycles. The maximum atomic E-state index is 14.7. The van der Waals surface area contributed by atoms with Crippen LogP contribution in [-0.4, -0.2) is 77.4 Å². The van der Waals surface area contributed by atoms with Gasteiger partial charge in [-0.1, -0.05) is 13.8 Å². The van der Waals surface area contributed by atoms with Gasteiger partial charge in [-0.25, -0.2) is 4.79 Å². The van der Waals surface area contributed by atoms with Crippen molar-refractivity contribution < 1.29 is 38.8 Å². The van der Waals surface area contributed by atoms with Crippen LogP contribution >= 0.6 is 0 Å². The summed E-state index contributed by atoms with van der Waals surface area (Å²) in [6.07, 6.45) is 0.457. The lowest BCUT2D eigenvalue weighted by molar-refractivity contribution is -0.153. The number of hydrogen-bond donors (Lipinski definition) is 3. The quantitative estimate of drug-likeness (QED) is 0.120. The molecule has 3 N–H and O–H groups in total. The molecule has 2 heterocycles. The predicted octanol–water partition coefficient (Wildman–Crippen LogP) is 1.76. The van der Waals surface area contributed by atoms with Gasteiger partial charge in [-0.3, -0.25) is 33.6 Å². The molecule has 3 unspecified atom stereocenters. The van der Waals surface area contributed by atoms with Gasteiger partial charge in [0.2, 0.25) is 28.1 Å². The lowest BCUT2D eigenvalue weighted by Gasteiger charge is -2.36. The van der Waals surface area contributed by atoms with E-state index in [2.05, 4.69) is 5.32 Å². The molecule has 1 aromatic heterocycles. The molecule has 1 fully saturated rings. The summed E-state index contributed by atoms with van der Waals surface area (Å²) in [6, 6.07) is 4.27. The number of benzene rings is 5. The van der Waals surface area contributed by atoms with Gasteiger partial charge in [0.05, 0.1) is 54.8 Å². The number of piperazine rings is 1. The first-order valence-corrected chi connectivity index (χ1v) is 17.6. The van der Waals surface area contributed by atoms with Crippen molar-refractivity contribution in [1.82, 2.24) is 14.8 Å². The maximum Gasteiger partial charge on any atom is 0.330 e. The molecule has 2 amide bonds. The number of nitrogens with zero attached hydrogens (tertiary/aromatic N) is 2. The number of nitrogens with one attached hydrogen (secondary N) is 1. The summed E-state index contributed by atoms with van der Waals surface area (Å²) in [5, 5.41) is 21.5. The van der Waals surface area contributed by atoms with Crippen LogP contribution in [-0.2, 0) is 25.7 Å². The number of carbonyl (C=O) groups is 3. The summed E-state index contributed by atoms with van der Waals surface area (Å²) in [5.74, 6) is -4.25. The summed E-state index contributed by atoms with van der Waals surface area (Å²) in [4.78, 5) is 112. The minimum atomic E-state index is -1.16. The molecular formula is C40H35N3O13. The Labute approximate surface area is 314 Å². The Hall–Kier alpha value is -6.84. The van der Waals surface area contributed by atoms with E-state index >= 15 is 0 Å². The monoisotopic (exact) mass is 765 g/mol.